The average Bonchev–Trinajstić information content (AvgIpc) is 3.10. The molecular formula is C36H36N4O8. The summed E-state index contributed by atoms with van der Waals surface area (Å²) in [6, 6.07) is 18.3. The van der Waals surface area contributed by atoms with E-state index in [2.05, 4.69) is 9.97 Å². The fourth-order valence-corrected chi connectivity index (χ4v) is 5.67. The first-order chi connectivity index (χ1) is 23.3. The van der Waals surface area contributed by atoms with E-state index in [9.17, 15) is 19.2 Å². The van der Waals surface area contributed by atoms with Crippen LogP contribution in [-0.4, -0.2) is 57.0 Å². The lowest BCUT2D eigenvalue weighted by Crippen LogP contribution is -2.22. The van der Waals surface area contributed by atoms with Gasteiger partial charge in [0.1, 0.15) is 13.5 Å². The topological polar surface area (TPSA) is 152 Å². The normalized spacial score (nSPS) is 11.1. The van der Waals surface area contributed by atoms with Crippen molar-refractivity contribution in [3.05, 3.63) is 105 Å². The molecule has 12 heteroatoms. The maximum atomic E-state index is 12.7. The summed E-state index contributed by atoms with van der Waals surface area (Å²) in [7, 11) is 3.09. The van der Waals surface area contributed by atoms with Gasteiger partial charge in [0.25, 0.3) is 11.1 Å². The summed E-state index contributed by atoms with van der Waals surface area (Å²) in [4.78, 5) is 56.4. The minimum Gasteiger partial charge on any atom is -0.481 e. The lowest BCUT2D eigenvalue weighted by molar-refractivity contribution is -0.143. The third-order valence-corrected chi connectivity index (χ3v) is 7.85. The molecule has 48 heavy (non-hydrogen) atoms. The van der Waals surface area contributed by atoms with E-state index in [1.807, 2.05) is 36.4 Å². The van der Waals surface area contributed by atoms with Gasteiger partial charge in [-0.25, -0.2) is 0 Å². The Balaban J connectivity index is 0.000000188. The molecule has 0 unspecified atom stereocenters. The predicted molar refractivity (Wildman–Crippen MR) is 182 cm³/mol. The van der Waals surface area contributed by atoms with Crippen LogP contribution in [0, 0.1) is 0 Å². The van der Waals surface area contributed by atoms with Crippen LogP contribution in [0.3, 0.4) is 0 Å². The van der Waals surface area contributed by atoms with Gasteiger partial charge in [0, 0.05) is 50.2 Å². The summed E-state index contributed by atoms with van der Waals surface area (Å²) in [5.74, 6) is -1.05. The van der Waals surface area contributed by atoms with Crippen LogP contribution in [0.5, 0.6) is 0 Å². The molecule has 4 aromatic heterocycles. The highest BCUT2D eigenvalue weighted by atomic mass is 16.5. The summed E-state index contributed by atoms with van der Waals surface area (Å²) in [6.45, 7) is 2.49. The maximum Gasteiger partial charge on any atom is 0.306 e. The van der Waals surface area contributed by atoms with Gasteiger partial charge in [-0.3, -0.25) is 38.3 Å². The summed E-state index contributed by atoms with van der Waals surface area (Å²) in [5.41, 5.74) is 4.38. The predicted octanol–water partition coefficient (Wildman–Crippen LogP) is 4.82. The van der Waals surface area contributed by atoms with Crippen LogP contribution in [0.15, 0.2) is 82.6 Å². The molecule has 12 nitrogen and oxygen atoms in total. The second-order valence-corrected chi connectivity index (χ2v) is 11.0. The van der Waals surface area contributed by atoms with Crippen LogP contribution in [0.2, 0.25) is 0 Å². The SMILES string of the molecule is CCOC(=O)CCc1ccc2c(c1)c1ncccc1c(=O)n2COC.COCn1c(=O)c2cccnc2c2cc(CCC(=O)O)ccc21. The molecule has 0 amide bonds. The molecule has 0 saturated carbocycles. The first kappa shape index (κ1) is 33.9. The Morgan fingerprint density at radius 2 is 1.19 bits per heavy atom. The van der Waals surface area contributed by atoms with E-state index in [1.54, 1.807) is 59.8 Å². The molecule has 248 valence electrons. The summed E-state index contributed by atoms with van der Waals surface area (Å²) >= 11 is 0. The minimum absolute atomic E-state index is 0.0641. The number of esters is 1. The van der Waals surface area contributed by atoms with Crippen molar-refractivity contribution in [2.24, 2.45) is 0 Å². The first-order valence-electron chi connectivity index (χ1n) is 15.4. The molecule has 0 aliphatic heterocycles. The van der Waals surface area contributed by atoms with Gasteiger partial charge in [-0.2, -0.15) is 0 Å². The number of carbonyl (C=O) groups excluding carboxylic acids is 1. The van der Waals surface area contributed by atoms with E-state index in [0.29, 0.717) is 47.7 Å². The third kappa shape index (κ3) is 7.24. The van der Waals surface area contributed by atoms with E-state index >= 15 is 0 Å². The number of benzene rings is 2. The first-order valence-corrected chi connectivity index (χ1v) is 15.4. The number of aryl methyl sites for hydroxylation is 2. The molecule has 0 aliphatic rings. The molecule has 0 radical (unpaired) electrons. The number of carboxylic acid groups (broad SMARTS) is 1. The van der Waals surface area contributed by atoms with Gasteiger partial charge in [0.05, 0.1) is 39.4 Å². The lowest BCUT2D eigenvalue weighted by Gasteiger charge is -2.13. The molecule has 4 heterocycles. The van der Waals surface area contributed by atoms with Crippen LogP contribution < -0.4 is 11.1 Å². The Bertz CT molecular complexity index is 2240. The highest BCUT2D eigenvalue weighted by Crippen LogP contribution is 2.24. The minimum atomic E-state index is -0.836. The van der Waals surface area contributed by atoms with Crippen molar-refractivity contribution in [2.75, 3.05) is 20.8 Å². The van der Waals surface area contributed by atoms with Gasteiger partial charge in [0.2, 0.25) is 0 Å². The Hall–Kier alpha value is -5.46. The standard InChI is InChI=1S/C19H20N2O4.C17H16N2O4/c1-3-25-17(22)9-7-13-6-8-16-15(11-13)18-14(5-4-10-20-18)19(23)21(16)12-24-2;1-23-10-19-14-6-4-11(5-7-15(20)21)9-13(14)16-12(17(19)22)3-2-8-18-16/h4-6,8,10-11H,3,7,9,12H2,1-2H3;2-4,6,8-9H,5,7,10H2,1H3,(H,20,21). The number of aromatic nitrogens is 4. The molecule has 0 bridgehead atoms. The molecule has 0 fully saturated rings. The van der Waals surface area contributed by atoms with Gasteiger partial charge in [0.15, 0.2) is 0 Å². The molecule has 6 rings (SSSR count). The van der Waals surface area contributed by atoms with Crippen LogP contribution in [0.4, 0.5) is 0 Å². The fraction of sp³-hybridized carbons (Fsp3) is 0.278. The number of pyridine rings is 4. The van der Waals surface area contributed by atoms with Gasteiger partial charge in [-0.05, 0) is 79.4 Å². The van der Waals surface area contributed by atoms with E-state index in [4.69, 9.17) is 19.3 Å². The third-order valence-electron chi connectivity index (χ3n) is 7.85. The van der Waals surface area contributed by atoms with Crippen molar-refractivity contribution in [1.29, 1.82) is 0 Å². The second kappa shape index (κ2) is 15.4. The quantitative estimate of drug-likeness (QED) is 0.152. The highest BCUT2D eigenvalue weighted by molar-refractivity contribution is 6.04. The molecule has 6 aromatic rings. The Labute approximate surface area is 275 Å². The molecule has 1 N–H and O–H groups in total. The molecule has 0 saturated heterocycles. The van der Waals surface area contributed by atoms with E-state index in [-0.39, 0.29) is 37.0 Å². The number of fused-ring (bicyclic) bond motifs is 6. The van der Waals surface area contributed by atoms with Crippen molar-refractivity contribution in [2.45, 2.75) is 46.1 Å². The second-order valence-electron chi connectivity index (χ2n) is 11.0. The van der Waals surface area contributed by atoms with Gasteiger partial charge in [-0.15, -0.1) is 0 Å². The summed E-state index contributed by atoms with van der Waals surface area (Å²) < 4.78 is 18.4. The number of carboxylic acids is 1. The number of methoxy groups -OCH3 is 2. The Morgan fingerprint density at radius 3 is 1.62 bits per heavy atom. The maximum absolute atomic E-state index is 12.7. The number of nitrogens with zero attached hydrogens (tertiary/aromatic N) is 4. The molecule has 2 aromatic carbocycles. The van der Waals surface area contributed by atoms with Crippen LogP contribution in [0.1, 0.15) is 30.9 Å². The van der Waals surface area contributed by atoms with Crippen molar-refractivity contribution in [1.82, 2.24) is 19.1 Å². The van der Waals surface area contributed by atoms with Gasteiger partial charge < -0.3 is 19.3 Å². The molecule has 0 spiro atoms. The highest BCUT2D eigenvalue weighted by Gasteiger charge is 2.14. The summed E-state index contributed by atoms with van der Waals surface area (Å²) in [6.07, 6.45) is 4.71. The lowest BCUT2D eigenvalue weighted by atomic mass is 10.0. The van der Waals surface area contributed by atoms with E-state index < -0.39 is 5.97 Å². The largest absolute Gasteiger partial charge is 0.481 e. The zero-order valence-electron chi connectivity index (χ0n) is 27.0. The van der Waals surface area contributed by atoms with Crippen molar-refractivity contribution >= 4 is 55.6 Å². The number of ether oxygens (including phenoxy) is 3. The van der Waals surface area contributed by atoms with Crippen molar-refractivity contribution < 1.29 is 28.9 Å². The molecule has 0 aliphatic carbocycles. The number of rotatable bonds is 11. The average molecular weight is 653 g/mol. The van der Waals surface area contributed by atoms with E-state index in [0.717, 1.165) is 32.9 Å². The molecule has 0 atom stereocenters. The van der Waals surface area contributed by atoms with Crippen LogP contribution in [0.25, 0.3) is 43.6 Å². The van der Waals surface area contributed by atoms with Crippen LogP contribution in [-0.2, 0) is 50.1 Å². The number of hydrogen-bond donors (Lipinski definition) is 1. The number of hydrogen-bond acceptors (Lipinski definition) is 9. The zero-order valence-corrected chi connectivity index (χ0v) is 27.0. The van der Waals surface area contributed by atoms with E-state index in [1.165, 1.54) is 7.11 Å². The van der Waals surface area contributed by atoms with Gasteiger partial charge in [-0.1, -0.05) is 12.1 Å². The van der Waals surface area contributed by atoms with Crippen molar-refractivity contribution in [3.8, 4) is 0 Å². The van der Waals surface area contributed by atoms with Crippen LogP contribution >= 0.6 is 0 Å². The fourth-order valence-electron chi connectivity index (χ4n) is 5.67. The number of carbonyl (C=O) groups is 2. The smallest absolute Gasteiger partial charge is 0.306 e. The Morgan fingerprint density at radius 1 is 0.708 bits per heavy atom. The monoisotopic (exact) mass is 652 g/mol. The van der Waals surface area contributed by atoms with Gasteiger partial charge >= 0.3 is 11.9 Å². The summed E-state index contributed by atoms with van der Waals surface area (Å²) in [5, 5.41) is 11.6. The van der Waals surface area contributed by atoms with Crippen molar-refractivity contribution in [3.63, 3.8) is 0 Å². The molecular weight excluding hydrogens is 616 g/mol. The Kier molecular flexibility index (Phi) is 10.9. The number of aliphatic carboxylic acids is 1. The zero-order chi connectivity index (χ0) is 34.2.